The third-order valence-corrected chi connectivity index (χ3v) is 6.15. The topological polar surface area (TPSA) is 34.0 Å². The molecule has 0 amide bonds. The second-order valence-electron chi connectivity index (χ2n) is 7.76. The maximum absolute atomic E-state index is 4.77. The van der Waals surface area contributed by atoms with E-state index in [2.05, 4.69) is 72.6 Å². The highest BCUT2D eigenvalue weighted by Gasteiger charge is 2.45. The van der Waals surface area contributed by atoms with Crippen molar-refractivity contribution in [1.82, 2.24) is 14.5 Å². The predicted molar refractivity (Wildman–Crippen MR) is 100.0 cm³/mol. The van der Waals surface area contributed by atoms with E-state index in [-0.39, 0.29) is 5.41 Å². The largest absolute Gasteiger partial charge is 0.322 e. The molecule has 0 bridgehead atoms. The normalized spacial score (nSPS) is 19.7. The Bertz CT molecular complexity index is 999. The van der Waals surface area contributed by atoms with Crippen LogP contribution in [-0.4, -0.2) is 20.6 Å². The molecule has 4 heteroatoms. The SMILES string of the molecule is Cc1ccc2c(c1N1c3ncccc3C(C)(C)C1C)Cc1nccn1-2. The van der Waals surface area contributed by atoms with Gasteiger partial charge in [0, 0.05) is 47.6 Å². The molecule has 1 atom stereocenters. The first-order valence-electron chi connectivity index (χ1n) is 8.90. The number of rotatable bonds is 1. The van der Waals surface area contributed by atoms with Crippen molar-refractivity contribution in [2.45, 2.75) is 45.6 Å². The van der Waals surface area contributed by atoms with Crippen LogP contribution in [0.2, 0.25) is 0 Å². The third-order valence-electron chi connectivity index (χ3n) is 6.15. The summed E-state index contributed by atoms with van der Waals surface area (Å²) < 4.78 is 2.21. The number of imidazole rings is 1. The fourth-order valence-corrected chi connectivity index (χ4v) is 4.44. The number of pyridine rings is 1. The lowest BCUT2D eigenvalue weighted by atomic mass is 9.82. The third kappa shape index (κ3) is 1.77. The zero-order chi connectivity index (χ0) is 17.3. The molecule has 4 heterocycles. The van der Waals surface area contributed by atoms with Crippen LogP contribution in [0.4, 0.5) is 11.5 Å². The van der Waals surface area contributed by atoms with Gasteiger partial charge in [-0.25, -0.2) is 9.97 Å². The highest BCUT2D eigenvalue weighted by Crippen LogP contribution is 2.50. The Balaban J connectivity index is 1.77. The van der Waals surface area contributed by atoms with Gasteiger partial charge in [0.25, 0.3) is 0 Å². The van der Waals surface area contributed by atoms with Crippen LogP contribution in [-0.2, 0) is 11.8 Å². The fraction of sp³-hybridized carbons (Fsp3) is 0.333. The summed E-state index contributed by atoms with van der Waals surface area (Å²) in [5, 5.41) is 0. The zero-order valence-corrected chi connectivity index (χ0v) is 15.1. The molecule has 2 aliphatic heterocycles. The van der Waals surface area contributed by atoms with Crippen LogP contribution >= 0.6 is 0 Å². The number of aromatic nitrogens is 3. The van der Waals surface area contributed by atoms with Crippen molar-refractivity contribution in [3.63, 3.8) is 0 Å². The molecule has 1 unspecified atom stereocenters. The van der Waals surface area contributed by atoms with E-state index in [9.17, 15) is 0 Å². The van der Waals surface area contributed by atoms with Crippen molar-refractivity contribution >= 4 is 11.5 Å². The maximum atomic E-state index is 4.77. The van der Waals surface area contributed by atoms with E-state index in [4.69, 9.17) is 4.98 Å². The highest BCUT2D eigenvalue weighted by atomic mass is 15.3. The molecule has 3 aromatic rings. The van der Waals surface area contributed by atoms with Crippen LogP contribution in [0.3, 0.4) is 0 Å². The van der Waals surface area contributed by atoms with E-state index in [1.54, 1.807) is 0 Å². The van der Waals surface area contributed by atoms with Gasteiger partial charge in [0.15, 0.2) is 0 Å². The van der Waals surface area contributed by atoms with Gasteiger partial charge in [-0.3, -0.25) is 0 Å². The minimum absolute atomic E-state index is 0.0605. The lowest BCUT2D eigenvalue weighted by molar-refractivity contribution is 0.461. The van der Waals surface area contributed by atoms with Gasteiger partial charge in [0.2, 0.25) is 0 Å². The van der Waals surface area contributed by atoms with Crippen molar-refractivity contribution in [3.05, 3.63) is 65.4 Å². The summed E-state index contributed by atoms with van der Waals surface area (Å²) in [7, 11) is 0. The quantitative estimate of drug-likeness (QED) is 0.522. The highest BCUT2D eigenvalue weighted by molar-refractivity contribution is 5.79. The van der Waals surface area contributed by atoms with Gasteiger partial charge in [-0.15, -0.1) is 0 Å². The van der Waals surface area contributed by atoms with Gasteiger partial charge in [0.05, 0.1) is 11.4 Å². The summed E-state index contributed by atoms with van der Waals surface area (Å²) in [5.74, 6) is 2.22. The lowest BCUT2D eigenvalue weighted by Gasteiger charge is -2.33. The lowest BCUT2D eigenvalue weighted by Crippen LogP contribution is -2.37. The molecule has 5 rings (SSSR count). The van der Waals surface area contributed by atoms with Gasteiger partial charge in [-0.05, 0) is 31.5 Å². The number of nitrogens with zero attached hydrogens (tertiary/aromatic N) is 4. The Hall–Kier alpha value is -2.62. The minimum atomic E-state index is 0.0605. The van der Waals surface area contributed by atoms with Crippen LogP contribution < -0.4 is 4.90 Å². The number of fused-ring (bicyclic) bond motifs is 4. The smallest absolute Gasteiger partial charge is 0.137 e. The van der Waals surface area contributed by atoms with Crippen molar-refractivity contribution in [3.8, 4) is 5.69 Å². The Kier molecular flexibility index (Phi) is 2.77. The minimum Gasteiger partial charge on any atom is -0.322 e. The fourth-order valence-electron chi connectivity index (χ4n) is 4.44. The first kappa shape index (κ1) is 14.7. The summed E-state index contributed by atoms with van der Waals surface area (Å²) in [6.45, 7) is 9.16. The van der Waals surface area contributed by atoms with E-state index in [0.29, 0.717) is 6.04 Å². The molecule has 0 spiro atoms. The van der Waals surface area contributed by atoms with Gasteiger partial charge in [-0.2, -0.15) is 0 Å². The summed E-state index contributed by atoms with van der Waals surface area (Å²) in [4.78, 5) is 11.8. The molecule has 0 saturated heterocycles. The molecule has 2 aromatic heterocycles. The Labute approximate surface area is 148 Å². The maximum Gasteiger partial charge on any atom is 0.137 e. The summed E-state index contributed by atoms with van der Waals surface area (Å²) in [5.41, 5.74) is 6.61. The van der Waals surface area contributed by atoms with Crippen LogP contribution in [0.15, 0.2) is 42.9 Å². The molecule has 2 aliphatic rings. The standard InChI is InChI=1S/C21H22N4/c1-13-7-8-17-15(12-18-22-10-11-24(17)18)19(13)25-14(2)21(3,4)16-6-5-9-23-20(16)25/h5-11,14H,12H2,1-4H3. The summed E-state index contributed by atoms with van der Waals surface area (Å²) in [6.07, 6.45) is 6.73. The summed E-state index contributed by atoms with van der Waals surface area (Å²) >= 11 is 0. The Morgan fingerprint density at radius 1 is 1.12 bits per heavy atom. The van der Waals surface area contributed by atoms with E-state index in [0.717, 1.165) is 18.1 Å². The van der Waals surface area contributed by atoms with Crippen molar-refractivity contribution in [1.29, 1.82) is 0 Å². The number of hydrogen-bond acceptors (Lipinski definition) is 3. The second kappa shape index (κ2) is 4.72. The van der Waals surface area contributed by atoms with Crippen molar-refractivity contribution in [2.24, 2.45) is 0 Å². The average Bonchev–Trinajstić information content (AvgIpc) is 3.22. The number of aryl methyl sites for hydroxylation is 1. The van der Waals surface area contributed by atoms with Crippen molar-refractivity contribution < 1.29 is 0 Å². The van der Waals surface area contributed by atoms with Gasteiger partial charge in [0.1, 0.15) is 11.6 Å². The molecule has 0 radical (unpaired) electrons. The van der Waals surface area contributed by atoms with Gasteiger partial charge >= 0.3 is 0 Å². The molecule has 126 valence electrons. The predicted octanol–water partition coefficient (Wildman–Crippen LogP) is 4.30. The van der Waals surface area contributed by atoms with Crippen LogP contribution in [0, 0.1) is 6.92 Å². The molecule has 0 saturated carbocycles. The summed E-state index contributed by atoms with van der Waals surface area (Å²) in [6, 6.07) is 9.06. The van der Waals surface area contributed by atoms with E-state index >= 15 is 0 Å². The molecule has 0 N–H and O–H groups in total. The number of hydrogen-bond donors (Lipinski definition) is 0. The zero-order valence-electron chi connectivity index (χ0n) is 15.1. The van der Waals surface area contributed by atoms with Gasteiger partial charge < -0.3 is 9.47 Å². The average molecular weight is 330 g/mol. The van der Waals surface area contributed by atoms with Crippen LogP contribution in [0.25, 0.3) is 5.69 Å². The van der Waals surface area contributed by atoms with Crippen LogP contribution in [0.1, 0.15) is 43.3 Å². The Morgan fingerprint density at radius 2 is 1.96 bits per heavy atom. The second-order valence-corrected chi connectivity index (χ2v) is 7.76. The Morgan fingerprint density at radius 3 is 2.80 bits per heavy atom. The molecule has 0 fully saturated rings. The van der Waals surface area contributed by atoms with Crippen molar-refractivity contribution in [2.75, 3.05) is 4.90 Å². The van der Waals surface area contributed by atoms with E-state index in [1.165, 1.54) is 28.1 Å². The molecule has 1 aromatic carbocycles. The van der Waals surface area contributed by atoms with Gasteiger partial charge in [-0.1, -0.05) is 26.0 Å². The number of benzene rings is 1. The molecular weight excluding hydrogens is 308 g/mol. The first-order chi connectivity index (χ1) is 12.0. The molecule has 4 nitrogen and oxygen atoms in total. The number of anilines is 2. The monoisotopic (exact) mass is 330 g/mol. The molecule has 25 heavy (non-hydrogen) atoms. The molecule has 0 aliphatic carbocycles. The van der Waals surface area contributed by atoms with E-state index < -0.39 is 0 Å². The molecular formula is C21H22N4. The van der Waals surface area contributed by atoms with E-state index in [1.807, 2.05) is 12.4 Å². The van der Waals surface area contributed by atoms with Crippen LogP contribution in [0.5, 0.6) is 0 Å². The first-order valence-corrected chi connectivity index (χ1v) is 8.90.